The number of hydrogen-bond acceptors (Lipinski definition) is 5. The van der Waals surface area contributed by atoms with Crippen molar-refractivity contribution in [1.29, 1.82) is 0 Å². The normalized spacial score (nSPS) is 23.6. The Hall–Kier alpha value is -2.46. The second kappa shape index (κ2) is 10.5. The van der Waals surface area contributed by atoms with E-state index < -0.39 is 12.1 Å². The zero-order valence-corrected chi connectivity index (χ0v) is 16.4. The van der Waals surface area contributed by atoms with Crippen LogP contribution in [0.3, 0.4) is 0 Å². The maximum atomic E-state index is 12.7. The third kappa shape index (κ3) is 6.27. The molecule has 1 aromatic rings. The van der Waals surface area contributed by atoms with E-state index in [1.54, 1.807) is 30.6 Å². The van der Waals surface area contributed by atoms with Crippen LogP contribution in [0.2, 0.25) is 0 Å². The molecule has 1 aromatic heterocycles. The summed E-state index contributed by atoms with van der Waals surface area (Å²) in [7, 11) is 0. The van der Waals surface area contributed by atoms with Crippen LogP contribution in [0.15, 0.2) is 37.2 Å². The highest BCUT2D eigenvalue weighted by molar-refractivity contribution is 5.94. The molecule has 0 aromatic carbocycles. The summed E-state index contributed by atoms with van der Waals surface area (Å²) in [6.07, 6.45) is 3.11. The fraction of sp³-hybridized carbons (Fsp3) is 0.550. The highest BCUT2D eigenvalue weighted by atomic mass is 19.4. The minimum atomic E-state index is -5.08. The van der Waals surface area contributed by atoms with E-state index in [4.69, 9.17) is 19.4 Å². The first-order valence-corrected chi connectivity index (χ1v) is 9.49. The molecule has 2 atom stereocenters. The van der Waals surface area contributed by atoms with Gasteiger partial charge in [0.05, 0.1) is 19.3 Å². The lowest BCUT2D eigenvalue weighted by atomic mass is 9.73. The number of piperidine rings is 1. The quantitative estimate of drug-likeness (QED) is 0.571. The molecule has 10 heteroatoms. The van der Waals surface area contributed by atoms with Gasteiger partial charge in [0.25, 0.3) is 5.91 Å². The van der Waals surface area contributed by atoms with Gasteiger partial charge in [-0.05, 0) is 31.4 Å². The predicted octanol–water partition coefficient (Wildman–Crippen LogP) is 2.93. The summed E-state index contributed by atoms with van der Waals surface area (Å²) in [5.41, 5.74) is 0.597. The second-order valence-corrected chi connectivity index (χ2v) is 7.18. The number of likely N-dealkylation sites (tertiary alicyclic amines) is 1. The van der Waals surface area contributed by atoms with Gasteiger partial charge in [-0.1, -0.05) is 6.08 Å². The van der Waals surface area contributed by atoms with E-state index in [2.05, 4.69) is 11.6 Å². The van der Waals surface area contributed by atoms with Crippen LogP contribution in [-0.2, 0) is 14.3 Å². The number of amides is 1. The van der Waals surface area contributed by atoms with Crippen molar-refractivity contribution in [2.24, 2.45) is 5.41 Å². The van der Waals surface area contributed by atoms with Crippen molar-refractivity contribution in [3.05, 3.63) is 42.7 Å². The van der Waals surface area contributed by atoms with Gasteiger partial charge in [0, 0.05) is 43.1 Å². The topological polar surface area (TPSA) is 89.0 Å². The van der Waals surface area contributed by atoms with E-state index in [1.807, 2.05) is 4.90 Å². The Bertz CT molecular complexity index is 729. The Morgan fingerprint density at radius 3 is 2.67 bits per heavy atom. The van der Waals surface area contributed by atoms with Crippen molar-refractivity contribution in [2.75, 3.05) is 32.9 Å². The average Bonchev–Trinajstić information content (AvgIpc) is 2.73. The monoisotopic (exact) mass is 430 g/mol. The van der Waals surface area contributed by atoms with Crippen molar-refractivity contribution < 1.29 is 37.3 Å². The smallest absolute Gasteiger partial charge is 0.475 e. The molecule has 3 heterocycles. The number of carboxylic acid groups (broad SMARTS) is 1. The summed E-state index contributed by atoms with van der Waals surface area (Å²) >= 11 is 0. The molecule has 0 radical (unpaired) electrons. The first kappa shape index (κ1) is 23.8. The number of carbonyl (C=O) groups excluding carboxylic acids is 1. The fourth-order valence-corrected chi connectivity index (χ4v) is 3.70. The van der Waals surface area contributed by atoms with Crippen LogP contribution < -0.4 is 0 Å². The summed E-state index contributed by atoms with van der Waals surface area (Å²) in [4.78, 5) is 27.6. The Morgan fingerprint density at radius 2 is 2.07 bits per heavy atom. The van der Waals surface area contributed by atoms with Crippen LogP contribution in [0.25, 0.3) is 0 Å². The maximum Gasteiger partial charge on any atom is 0.490 e. The van der Waals surface area contributed by atoms with Gasteiger partial charge in [-0.15, -0.1) is 6.58 Å². The molecule has 2 saturated heterocycles. The number of hydrogen-bond donors (Lipinski definition) is 1. The van der Waals surface area contributed by atoms with Crippen LogP contribution in [0.1, 0.15) is 29.6 Å². The molecule has 0 aliphatic carbocycles. The molecule has 3 rings (SSSR count). The molecule has 1 N–H and O–H groups in total. The predicted molar refractivity (Wildman–Crippen MR) is 101 cm³/mol. The van der Waals surface area contributed by atoms with Crippen molar-refractivity contribution in [3.63, 3.8) is 0 Å². The Labute approximate surface area is 172 Å². The summed E-state index contributed by atoms with van der Waals surface area (Å²) in [6.45, 7) is 7.08. The molecule has 2 aliphatic rings. The third-order valence-electron chi connectivity index (χ3n) is 5.07. The molecule has 166 valence electrons. The summed E-state index contributed by atoms with van der Waals surface area (Å²) in [5, 5.41) is 7.12. The number of pyridine rings is 1. The number of fused-ring (bicyclic) bond motifs is 1. The van der Waals surface area contributed by atoms with Gasteiger partial charge in [0.1, 0.15) is 0 Å². The van der Waals surface area contributed by atoms with Crippen LogP contribution in [0.4, 0.5) is 13.2 Å². The first-order chi connectivity index (χ1) is 14.2. The van der Waals surface area contributed by atoms with E-state index in [-0.39, 0.29) is 17.4 Å². The van der Waals surface area contributed by atoms with Gasteiger partial charge < -0.3 is 19.5 Å². The maximum absolute atomic E-state index is 12.7. The standard InChI is InChI=1S/C18H24N2O3.C2HF3O2/c1-2-11-22-14-18-7-3-12-23-16(18)6-10-20(13-18)17(21)15-4-8-19-9-5-15;3-2(4,5)1(6)7/h2,4-5,8-9,16H,1,3,6-7,10-14H2;(H,6,7). The molecule has 2 aliphatic heterocycles. The van der Waals surface area contributed by atoms with E-state index in [9.17, 15) is 18.0 Å². The third-order valence-corrected chi connectivity index (χ3v) is 5.07. The number of carbonyl (C=O) groups is 2. The number of halogens is 3. The van der Waals surface area contributed by atoms with Gasteiger partial charge in [0.2, 0.25) is 0 Å². The summed E-state index contributed by atoms with van der Waals surface area (Å²) in [6, 6.07) is 3.54. The first-order valence-electron chi connectivity index (χ1n) is 9.49. The van der Waals surface area contributed by atoms with E-state index in [0.717, 1.165) is 32.4 Å². The van der Waals surface area contributed by atoms with Crippen molar-refractivity contribution in [1.82, 2.24) is 9.88 Å². The minimum Gasteiger partial charge on any atom is -0.475 e. The van der Waals surface area contributed by atoms with Gasteiger partial charge >= 0.3 is 12.1 Å². The second-order valence-electron chi connectivity index (χ2n) is 7.18. The lowest BCUT2D eigenvalue weighted by molar-refractivity contribution is -0.192. The van der Waals surface area contributed by atoms with Gasteiger partial charge in [-0.2, -0.15) is 13.2 Å². The van der Waals surface area contributed by atoms with Gasteiger partial charge in [-0.25, -0.2) is 4.79 Å². The number of alkyl halides is 3. The van der Waals surface area contributed by atoms with Crippen molar-refractivity contribution in [2.45, 2.75) is 31.5 Å². The highest BCUT2D eigenvalue weighted by Gasteiger charge is 2.47. The van der Waals surface area contributed by atoms with Crippen LogP contribution >= 0.6 is 0 Å². The number of carboxylic acids is 1. The zero-order chi connectivity index (χ0) is 22.2. The van der Waals surface area contributed by atoms with E-state index in [0.29, 0.717) is 25.3 Å². The Balaban J connectivity index is 0.000000396. The van der Waals surface area contributed by atoms with E-state index in [1.165, 1.54) is 0 Å². The molecule has 0 spiro atoms. The van der Waals surface area contributed by atoms with E-state index >= 15 is 0 Å². The van der Waals surface area contributed by atoms with Crippen LogP contribution in [0, 0.1) is 5.41 Å². The molecule has 0 saturated carbocycles. The number of rotatable bonds is 5. The molecule has 1 amide bonds. The molecular weight excluding hydrogens is 405 g/mol. The molecule has 2 unspecified atom stereocenters. The molecule has 30 heavy (non-hydrogen) atoms. The Morgan fingerprint density at radius 1 is 1.40 bits per heavy atom. The average molecular weight is 430 g/mol. The molecule has 2 fully saturated rings. The number of aliphatic carboxylic acids is 1. The van der Waals surface area contributed by atoms with Crippen molar-refractivity contribution in [3.8, 4) is 0 Å². The minimum absolute atomic E-state index is 0.0690. The van der Waals surface area contributed by atoms with Crippen LogP contribution in [-0.4, -0.2) is 72.1 Å². The molecule has 7 nitrogen and oxygen atoms in total. The van der Waals surface area contributed by atoms with Gasteiger partial charge in [-0.3, -0.25) is 9.78 Å². The fourth-order valence-electron chi connectivity index (χ4n) is 3.70. The number of ether oxygens (including phenoxy) is 2. The highest BCUT2D eigenvalue weighted by Crippen LogP contribution is 2.40. The summed E-state index contributed by atoms with van der Waals surface area (Å²) in [5.74, 6) is -2.69. The Kier molecular flexibility index (Phi) is 8.36. The lowest BCUT2D eigenvalue weighted by Crippen LogP contribution is -2.58. The SMILES string of the molecule is C=CCOCC12CCCOC1CCN(C(=O)c1ccncc1)C2.O=C(O)C(F)(F)F. The van der Waals surface area contributed by atoms with Gasteiger partial charge in [0.15, 0.2) is 0 Å². The van der Waals surface area contributed by atoms with Crippen molar-refractivity contribution >= 4 is 11.9 Å². The lowest BCUT2D eigenvalue weighted by Gasteiger charge is -2.50. The van der Waals surface area contributed by atoms with Crippen LogP contribution in [0.5, 0.6) is 0 Å². The molecular formula is C20H25F3N2O5. The molecule has 0 bridgehead atoms. The number of aromatic nitrogens is 1. The number of nitrogens with zero attached hydrogens (tertiary/aromatic N) is 2. The zero-order valence-electron chi connectivity index (χ0n) is 16.4. The largest absolute Gasteiger partial charge is 0.490 e. The summed E-state index contributed by atoms with van der Waals surface area (Å²) < 4.78 is 43.5.